The molecule has 31 heavy (non-hydrogen) atoms. The van der Waals surface area contributed by atoms with E-state index in [-0.39, 0.29) is 24.5 Å². The highest BCUT2D eigenvalue weighted by Gasteiger charge is 2.44. The van der Waals surface area contributed by atoms with E-state index >= 15 is 0 Å². The third kappa shape index (κ3) is 3.78. The van der Waals surface area contributed by atoms with Gasteiger partial charge in [-0.15, -0.1) is 0 Å². The van der Waals surface area contributed by atoms with E-state index in [1.54, 1.807) is 48.5 Å². The molecule has 1 amide bonds. The van der Waals surface area contributed by atoms with Crippen LogP contribution in [0, 0.1) is 0 Å². The molecule has 1 atom stereocenters. The van der Waals surface area contributed by atoms with Gasteiger partial charge in [-0.1, -0.05) is 23.7 Å². The highest BCUT2D eigenvalue weighted by molar-refractivity contribution is 6.31. The predicted octanol–water partition coefficient (Wildman–Crippen LogP) is 4.32. The lowest BCUT2D eigenvalue weighted by atomic mass is 9.95. The van der Waals surface area contributed by atoms with Gasteiger partial charge in [-0.25, -0.2) is 0 Å². The number of carbonyl (C=O) groups is 2. The molecule has 0 spiro atoms. The number of methoxy groups -OCH3 is 2. The summed E-state index contributed by atoms with van der Waals surface area (Å²) in [6, 6.07) is 12.7. The summed E-state index contributed by atoms with van der Waals surface area (Å²) in [7, 11) is 3.04. The first-order valence-electron chi connectivity index (χ1n) is 9.55. The molecular formula is C23H20ClNO6. The first-order chi connectivity index (χ1) is 14.9. The molecule has 0 radical (unpaired) electrons. The molecule has 8 heteroatoms. The van der Waals surface area contributed by atoms with Gasteiger partial charge in [0.05, 0.1) is 25.3 Å². The van der Waals surface area contributed by atoms with E-state index in [0.717, 1.165) is 0 Å². The lowest BCUT2D eigenvalue weighted by Crippen LogP contribution is -2.34. The van der Waals surface area contributed by atoms with Gasteiger partial charge < -0.3 is 23.9 Å². The molecule has 4 rings (SSSR count). The minimum Gasteiger partial charge on any atom is -0.503 e. The largest absolute Gasteiger partial charge is 0.503 e. The molecule has 1 aliphatic heterocycles. The fraction of sp³-hybridized carbons (Fsp3) is 0.217. The summed E-state index contributed by atoms with van der Waals surface area (Å²) in [5, 5.41) is 11.8. The SMILES string of the molecule is COCCN1C(=O)C(O)=C(C(=O)c2cc3cc(Cl)ccc3o2)C1c1cccc(OC)c1. The number of ether oxygens (including phenoxy) is 2. The van der Waals surface area contributed by atoms with Crippen LogP contribution in [-0.4, -0.2) is 49.1 Å². The number of hydrogen-bond donors (Lipinski definition) is 1. The van der Waals surface area contributed by atoms with Crippen LogP contribution in [0.5, 0.6) is 5.75 Å². The van der Waals surface area contributed by atoms with Gasteiger partial charge in [0.1, 0.15) is 11.3 Å². The molecule has 0 aliphatic carbocycles. The Hall–Kier alpha value is -3.29. The number of halogens is 1. The zero-order valence-corrected chi connectivity index (χ0v) is 17.7. The van der Waals surface area contributed by atoms with Crippen LogP contribution in [-0.2, 0) is 9.53 Å². The van der Waals surface area contributed by atoms with Crippen LogP contribution in [0.4, 0.5) is 0 Å². The highest BCUT2D eigenvalue weighted by atomic mass is 35.5. The first kappa shape index (κ1) is 21.0. The van der Waals surface area contributed by atoms with Crippen LogP contribution < -0.4 is 4.74 Å². The Bertz CT molecular complexity index is 1200. The Kier molecular flexibility index (Phi) is 5.71. The second kappa shape index (κ2) is 8.45. The molecule has 1 aliphatic rings. The van der Waals surface area contributed by atoms with Crippen molar-refractivity contribution in [1.29, 1.82) is 0 Å². The van der Waals surface area contributed by atoms with Crippen molar-refractivity contribution >= 4 is 34.3 Å². The summed E-state index contributed by atoms with van der Waals surface area (Å²) < 4.78 is 16.1. The number of ketones is 1. The van der Waals surface area contributed by atoms with Crippen molar-refractivity contribution in [2.75, 3.05) is 27.4 Å². The Morgan fingerprint density at radius 2 is 2.00 bits per heavy atom. The summed E-state index contributed by atoms with van der Waals surface area (Å²) in [6.45, 7) is 0.428. The maximum Gasteiger partial charge on any atom is 0.290 e. The number of aliphatic hydroxyl groups is 1. The number of benzene rings is 2. The monoisotopic (exact) mass is 441 g/mol. The molecule has 1 N–H and O–H groups in total. The molecule has 0 bridgehead atoms. The van der Waals surface area contributed by atoms with Gasteiger partial charge in [0.2, 0.25) is 5.78 Å². The normalized spacial score (nSPS) is 16.4. The van der Waals surface area contributed by atoms with Gasteiger partial charge in [-0.05, 0) is 42.0 Å². The van der Waals surface area contributed by atoms with Crippen LogP contribution in [0.15, 0.2) is 64.3 Å². The van der Waals surface area contributed by atoms with Crippen molar-refractivity contribution in [1.82, 2.24) is 4.90 Å². The average molecular weight is 442 g/mol. The lowest BCUT2D eigenvalue weighted by molar-refractivity contribution is -0.130. The van der Waals surface area contributed by atoms with E-state index in [0.29, 0.717) is 27.3 Å². The molecule has 0 saturated heterocycles. The zero-order chi connectivity index (χ0) is 22.1. The molecule has 7 nitrogen and oxygen atoms in total. The topological polar surface area (TPSA) is 89.2 Å². The van der Waals surface area contributed by atoms with Gasteiger partial charge in [0, 0.05) is 24.1 Å². The molecular weight excluding hydrogens is 422 g/mol. The van der Waals surface area contributed by atoms with Crippen molar-refractivity contribution in [3.05, 3.63) is 76.2 Å². The van der Waals surface area contributed by atoms with Gasteiger partial charge in [-0.3, -0.25) is 9.59 Å². The predicted molar refractivity (Wildman–Crippen MR) is 115 cm³/mol. The Balaban J connectivity index is 1.81. The Morgan fingerprint density at radius 1 is 1.19 bits per heavy atom. The van der Waals surface area contributed by atoms with Crippen molar-refractivity contribution in [3.8, 4) is 5.75 Å². The number of aliphatic hydroxyl groups excluding tert-OH is 1. The van der Waals surface area contributed by atoms with E-state index in [4.69, 9.17) is 25.5 Å². The zero-order valence-electron chi connectivity index (χ0n) is 16.9. The van der Waals surface area contributed by atoms with Gasteiger partial charge in [0.25, 0.3) is 5.91 Å². The minimum absolute atomic E-state index is 0.00750. The second-order valence-corrected chi connectivity index (χ2v) is 7.49. The van der Waals surface area contributed by atoms with Crippen molar-refractivity contribution < 1.29 is 28.6 Å². The molecule has 0 fully saturated rings. The summed E-state index contributed by atoms with van der Waals surface area (Å²) >= 11 is 6.03. The number of rotatable bonds is 7. The first-order valence-corrected chi connectivity index (χ1v) is 9.93. The van der Waals surface area contributed by atoms with Crippen LogP contribution in [0.2, 0.25) is 5.02 Å². The third-order valence-electron chi connectivity index (χ3n) is 5.20. The number of furan rings is 1. The summed E-state index contributed by atoms with van der Waals surface area (Å²) in [5.41, 5.74) is 1.04. The number of amides is 1. The maximum atomic E-state index is 13.4. The summed E-state index contributed by atoms with van der Waals surface area (Å²) in [4.78, 5) is 27.7. The smallest absolute Gasteiger partial charge is 0.290 e. The summed E-state index contributed by atoms with van der Waals surface area (Å²) in [5.74, 6) is -1.26. The number of Topliss-reactive ketones (excluding diaryl/α,β-unsaturated/α-hetero) is 1. The van der Waals surface area contributed by atoms with E-state index in [2.05, 4.69) is 0 Å². The minimum atomic E-state index is -0.818. The van der Waals surface area contributed by atoms with E-state index in [9.17, 15) is 14.7 Å². The van der Waals surface area contributed by atoms with Crippen molar-refractivity contribution in [2.24, 2.45) is 0 Å². The number of hydrogen-bond acceptors (Lipinski definition) is 6. The Morgan fingerprint density at radius 3 is 2.74 bits per heavy atom. The molecule has 2 heterocycles. The standard InChI is InChI=1S/C23H20ClNO6/c1-29-9-8-25-20(13-4-3-5-16(11-13)30-2)19(22(27)23(25)28)21(26)18-12-14-10-15(24)6-7-17(14)31-18/h3-7,10-12,20,27H,8-9H2,1-2H3. The van der Waals surface area contributed by atoms with Gasteiger partial charge >= 0.3 is 0 Å². The van der Waals surface area contributed by atoms with Gasteiger partial charge in [-0.2, -0.15) is 0 Å². The quantitative estimate of drug-likeness (QED) is 0.549. The number of fused-ring (bicyclic) bond motifs is 1. The molecule has 160 valence electrons. The molecule has 3 aromatic rings. The fourth-order valence-corrected chi connectivity index (χ4v) is 3.90. The highest BCUT2D eigenvalue weighted by Crippen LogP contribution is 2.40. The number of carbonyl (C=O) groups excluding carboxylic acids is 2. The number of nitrogens with zero attached hydrogens (tertiary/aromatic N) is 1. The molecule has 0 saturated carbocycles. The van der Waals surface area contributed by atoms with Crippen LogP contribution in [0.25, 0.3) is 11.0 Å². The fourth-order valence-electron chi connectivity index (χ4n) is 3.72. The van der Waals surface area contributed by atoms with Crippen LogP contribution >= 0.6 is 11.6 Å². The summed E-state index contributed by atoms with van der Waals surface area (Å²) in [6.07, 6.45) is 0. The average Bonchev–Trinajstić information content (AvgIpc) is 3.30. The van der Waals surface area contributed by atoms with Crippen molar-refractivity contribution in [2.45, 2.75) is 6.04 Å². The van der Waals surface area contributed by atoms with Gasteiger partial charge in [0.15, 0.2) is 11.5 Å². The second-order valence-electron chi connectivity index (χ2n) is 7.05. The third-order valence-corrected chi connectivity index (χ3v) is 5.43. The lowest BCUT2D eigenvalue weighted by Gasteiger charge is -2.26. The van der Waals surface area contributed by atoms with E-state index in [1.807, 2.05) is 0 Å². The molecule has 1 aromatic heterocycles. The molecule has 1 unspecified atom stereocenters. The molecule has 2 aromatic carbocycles. The van der Waals surface area contributed by atoms with E-state index < -0.39 is 23.5 Å². The maximum absolute atomic E-state index is 13.4. The van der Waals surface area contributed by atoms with Crippen LogP contribution in [0.3, 0.4) is 0 Å². The van der Waals surface area contributed by atoms with Crippen LogP contribution in [0.1, 0.15) is 22.2 Å². The van der Waals surface area contributed by atoms with E-state index in [1.165, 1.54) is 19.1 Å². The van der Waals surface area contributed by atoms with Crippen molar-refractivity contribution in [3.63, 3.8) is 0 Å². The Labute approximate surface area is 183 Å².